The van der Waals surface area contributed by atoms with Crippen molar-refractivity contribution in [2.45, 2.75) is 45.7 Å². The zero-order valence-electron chi connectivity index (χ0n) is 13.0. The predicted molar refractivity (Wildman–Crippen MR) is 83.8 cm³/mol. The predicted octanol–water partition coefficient (Wildman–Crippen LogP) is 3.89. The Bertz CT molecular complexity index is 565. The van der Waals surface area contributed by atoms with Crippen LogP contribution in [0.25, 0.3) is 0 Å². The first-order valence-corrected chi connectivity index (χ1v) is 7.66. The van der Waals surface area contributed by atoms with Gasteiger partial charge in [0.25, 0.3) is 0 Å². The molecule has 0 aliphatic carbocycles. The fourth-order valence-electron chi connectivity index (χ4n) is 2.41. The van der Waals surface area contributed by atoms with Gasteiger partial charge in [-0.05, 0) is 43.7 Å². The van der Waals surface area contributed by atoms with Crippen LogP contribution in [0.15, 0.2) is 36.5 Å². The fourth-order valence-corrected chi connectivity index (χ4v) is 2.41. The van der Waals surface area contributed by atoms with Crippen LogP contribution in [-0.2, 0) is 6.42 Å². The first-order valence-electron chi connectivity index (χ1n) is 7.66. The van der Waals surface area contributed by atoms with Crippen molar-refractivity contribution in [2.24, 2.45) is 0 Å². The number of hydrogen-bond donors (Lipinski definition) is 1. The molecule has 2 rings (SSSR count). The quantitative estimate of drug-likeness (QED) is 0.838. The second-order valence-corrected chi connectivity index (χ2v) is 5.41. The second kappa shape index (κ2) is 7.36. The average Bonchev–Trinajstić information content (AvgIpc) is 2.94. The van der Waals surface area contributed by atoms with Crippen LogP contribution in [0.2, 0.25) is 0 Å². The maximum atomic E-state index is 13.4. The van der Waals surface area contributed by atoms with Crippen LogP contribution in [0.4, 0.5) is 4.39 Å². The fraction of sp³-hybridized carbons (Fsp3) is 0.471. The van der Waals surface area contributed by atoms with Crippen LogP contribution in [-0.4, -0.2) is 16.3 Å². The van der Waals surface area contributed by atoms with Gasteiger partial charge in [-0.15, -0.1) is 0 Å². The summed E-state index contributed by atoms with van der Waals surface area (Å²) in [6, 6.07) is 9.34. The topological polar surface area (TPSA) is 29.9 Å². The first kappa shape index (κ1) is 15.7. The average molecular weight is 289 g/mol. The van der Waals surface area contributed by atoms with E-state index >= 15 is 0 Å². The van der Waals surface area contributed by atoms with Gasteiger partial charge < -0.3 is 5.32 Å². The van der Waals surface area contributed by atoms with Crippen LogP contribution >= 0.6 is 0 Å². The maximum Gasteiger partial charge on any atom is 0.123 e. The molecule has 4 heteroatoms. The van der Waals surface area contributed by atoms with Gasteiger partial charge in [0.1, 0.15) is 5.82 Å². The third-order valence-corrected chi connectivity index (χ3v) is 3.82. The molecule has 114 valence electrons. The summed E-state index contributed by atoms with van der Waals surface area (Å²) in [4.78, 5) is 0. The first-order chi connectivity index (χ1) is 10.1. The van der Waals surface area contributed by atoms with Gasteiger partial charge in [-0.1, -0.05) is 26.0 Å². The minimum atomic E-state index is -0.194. The number of nitrogens with zero attached hydrogens (tertiary/aromatic N) is 2. The van der Waals surface area contributed by atoms with Crippen molar-refractivity contribution < 1.29 is 4.39 Å². The Morgan fingerprint density at radius 2 is 2.10 bits per heavy atom. The van der Waals surface area contributed by atoms with Gasteiger partial charge in [0.05, 0.1) is 5.69 Å². The highest BCUT2D eigenvalue weighted by atomic mass is 19.1. The molecule has 2 unspecified atom stereocenters. The van der Waals surface area contributed by atoms with E-state index in [1.807, 2.05) is 16.9 Å². The summed E-state index contributed by atoms with van der Waals surface area (Å²) in [7, 11) is 0. The van der Waals surface area contributed by atoms with E-state index in [0.717, 1.165) is 30.6 Å². The molecule has 21 heavy (non-hydrogen) atoms. The molecule has 1 aromatic heterocycles. The molecular formula is C17H24FN3. The molecule has 2 atom stereocenters. The minimum absolute atomic E-state index is 0.0889. The zero-order chi connectivity index (χ0) is 15.2. The van der Waals surface area contributed by atoms with Crippen LogP contribution in [0.5, 0.6) is 0 Å². The lowest BCUT2D eigenvalue weighted by atomic mass is 10.0. The number of nitrogens with one attached hydrogen (secondary N) is 1. The van der Waals surface area contributed by atoms with E-state index < -0.39 is 0 Å². The third kappa shape index (κ3) is 4.14. The molecule has 0 saturated heterocycles. The summed E-state index contributed by atoms with van der Waals surface area (Å²) in [5.74, 6) is -0.194. The van der Waals surface area contributed by atoms with E-state index in [-0.39, 0.29) is 11.9 Å². The molecule has 0 amide bonds. The SMILES string of the molecule is CCNC(Cc1ccn(C(C)CC)n1)c1cccc(F)c1. The molecule has 2 aromatic rings. The Labute approximate surface area is 126 Å². The largest absolute Gasteiger partial charge is 0.310 e. The summed E-state index contributed by atoms with van der Waals surface area (Å²) < 4.78 is 15.4. The van der Waals surface area contributed by atoms with Crippen LogP contribution in [0.3, 0.4) is 0 Å². The lowest BCUT2D eigenvalue weighted by Crippen LogP contribution is -2.23. The molecule has 1 N–H and O–H groups in total. The highest BCUT2D eigenvalue weighted by Gasteiger charge is 2.14. The minimum Gasteiger partial charge on any atom is -0.310 e. The molecular weight excluding hydrogens is 265 g/mol. The summed E-state index contributed by atoms with van der Waals surface area (Å²) >= 11 is 0. The van der Waals surface area contributed by atoms with Crippen LogP contribution in [0.1, 0.15) is 50.5 Å². The smallest absolute Gasteiger partial charge is 0.123 e. The van der Waals surface area contributed by atoms with Crippen molar-refractivity contribution in [3.63, 3.8) is 0 Å². The number of benzene rings is 1. The van der Waals surface area contributed by atoms with Crippen molar-refractivity contribution in [3.8, 4) is 0 Å². The number of hydrogen-bond acceptors (Lipinski definition) is 2. The van der Waals surface area contributed by atoms with E-state index in [9.17, 15) is 4.39 Å². The van der Waals surface area contributed by atoms with Gasteiger partial charge in [-0.2, -0.15) is 5.10 Å². The van der Waals surface area contributed by atoms with Gasteiger partial charge in [0, 0.05) is 24.7 Å². The lowest BCUT2D eigenvalue weighted by molar-refractivity contribution is 0.466. The van der Waals surface area contributed by atoms with E-state index in [2.05, 4.69) is 37.3 Å². The standard InChI is InChI=1S/C17H24FN3/c1-4-13(3)21-10-9-16(20-21)12-17(19-5-2)14-7-6-8-15(18)11-14/h6-11,13,17,19H,4-5,12H2,1-3H3. The van der Waals surface area contributed by atoms with E-state index in [1.165, 1.54) is 6.07 Å². The second-order valence-electron chi connectivity index (χ2n) is 5.41. The maximum absolute atomic E-state index is 13.4. The molecule has 0 radical (unpaired) electrons. The molecule has 0 fully saturated rings. The monoisotopic (exact) mass is 289 g/mol. The van der Waals surface area contributed by atoms with Gasteiger partial charge in [0.2, 0.25) is 0 Å². The third-order valence-electron chi connectivity index (χ3n) is 3.82. The molecule has 1 aromatic carbocycles. The molecule has 1 heterocycles. The molecule has 0 aliphatic rings. The molecule has 0 spiro atoms. The van der Waals surface area contributed by atoms with Crippen molar-refractivity contribution >= 4 is 0 Å². The molecule has 0 aliphatic heterocycles. The van der Waals surface area contributed by atoms with Gasteiger partial charge in [-0.25, -0.2) is 4.39 Å². The van der Waals surface area contributed by atoms with Crippen molar-refractivity contribution in [1.82, 2.24) is 15.1 Å². The summed E-state index contributed by atoms with van der Waals surface area (Å²) in [6.07, 6.45) is 3.85. The number of likely N-dealkylation sites (N-methyl/N-ethyl adjacent to an activating group) is 1. The van der Waals surface area contributed by atoms with Crippen LogP contribution < -0.4 is 5.32 Å². The Kier molecular flexibility index (Phi) is 5.51. The van der Waals surface area contributed by atoms with Crippen molar-refractivity contribution in [2.75, 3.05) is 6.54 Å². The van der Waals surface area contributed by atoms with E-state index in [4.69, 9.17) is 0 Å². The van der Waals surface area contributed by atoms with E-state index in [0.29, 0.717) is 6.04 Å². The van der Waals surface area contributed by atoms with Crippen LogP contribution in [0, 0.1) is 5.82 Å². The highest BCUT2D eigenvalue weighted by molar-refractivity contribution is 5.22. The molecule has 0 saturated carbocycles. The summed E-state index contributed by atoms with van der Waals surface area (Å²) in [5.41, 5.74) is 2.00. The molecule has 3 nitrogen and oxygen atoms in total. The highest BCUT2D eigenvalue weighted by Crippen LogP contribution is 2.19. The Hall–Kier alpha value is -1.68. The number of halogens is 1. The Morgan fingerprint density at radius 3 is 2.76 bits per heavy atom. The number of rotatable bonds is 7. The Balaban J connectivity index is 2.14. The lowest BCUT2D eigenvalue weighted by Gasteiger charge is -2.17. The Morgan fingerprint density at radius 1 is 1.29 bits per heavy atom. The van der Waals surface area contributed by atoms with E-state index in [1.54, 1.807) is 12.1 Å². The summed E-state index contributed by atoms with van der Waals surface area (Å²) in [6.45, 7) is 7.21. The molecule has 0 bridgehead atoms. The number of aromatic nitrogens is 2. The van der Waals surface area contributed by atoms with Gasteiger partial charge in [-0.3, -0.25) is 4.68 Å². The van der Waals surface area contributed by atoms with Gasteiger partial charge in [0.15, 0.2) is 0 Å². The zero-order valence-corrected chi connectivity index (χ0v) is 13.0. The van der Waals surface area contributed by atoms with Crippen molar-refractivity contribution in [1.29, 1.82) is 0 Å². The normalized spacial score (nSPS) is 14.1. The van der Waals surface area contributed by atoms with Crippen molar-refractivity contribution in [3.05, 3.63) is 53.6 Å². The summed E-state index contributed by atoms with van der Waals surface area (Å²) in [5, 5.41) is 8.05. The van der Waals surface area contributed by atoms with Gasteiger partial charge >= 0.3 is 0 Å².